The van der Waals surface area contributed by atoms with Crippen LogP contribution in [0.25, 0.3) is 0 Å². The predicted octanol–water partition coefficient (Wildman–Crippen LogP) is 5.10. The molecule has 0 aromatic heterocycles. The average molecular weight is 390 g/mol. The second kappa shape index (κ2) is 11.9. The monoisotopic (exact) mass is 389 g/mol. The Kier molecular flexibility index (Phi) is 10.2. The number of hydrogen-bond donors (Lipinski definition) is 1. The van der Waals surface area contributed by atoms with E-state index in [0.717, 1.165) is 35.5 Å². The number of halogens is 2. The largest absolute Gasteiger partial charge is 0.493 e. The fourth-order valence-corrected chi connectivity index (χ4v) is 2.33. The lowest BCUT2D eigenvalue weighted by Crippen LogP contribution is -2.08. The standard InChI is InChI=1S/C18H25Cl2NO4/c1-4-14-11-16(24-10-7-17(19)20)12-15(5-2)18(14)25-9-6-8-23-13(3)21-22/h7,11-12,22H,4-6,8-10H2,1-3H3. The van der Waals surface area contributed by atoms with Gasteiger partial charge in [-0.2, -0.15) is 0 Å². The first-order valence-corrected chi connectivity index (χ1v) is 9.01. The molecular weight excluding hydrogens is 365 g/mol. The first-order chi connectivity index (χ1) is 12.0. The van der Waals surface area contributed by atoms with Crippen LogP contribution in [-0.4, -0.2) is 30.9 Å². The molecule has 0 bridgehead atoms. The summed E-state index contributed by atoms with van der Waals surface area (Å²) in [5.41, 5.74) is 2.17. The van der Waals surface area contributed by atoms with Crippen LogP contribution in [0.1, 0.15) is 38.3 Å². The topological polar surface area (TPSA) is 60.3 Å². The number of oxime groups is 1. The van der Waals surface area contributed by atoms with Crippen LogP contribution in [0.5, 0.6) is 11.5 Å². The minimum atomic E-state index is 0.190. The molecule has 0 aliphatic heterocycles. The summed E-state index contributed by atoms with van der Waals surface area (Å²) in [6.07, 6.45) is 3.95. The van der Waals surface area contributed by atoms with Crippen LogP contribution in [0.3, 0.4) is 0 Å². The van der Waals surface area contributed by atoms with Crippen LogP contribution in [0.15, 0.2) is 27.9 Å². The third-order valence-corrected chi connectivity index (χ3v) is 3.76. The van der Waals surface area contributed by atoms with Crippen molar-refractivity contribution in [3.63, 3.8) is 0 Å². The van der Waals surface area contributed by atoms with Gasteiger partial charge in [-0.1, -0.05) is 42.2 Å². The van der Waals surface area contributed by atoms with Crippen LogP contribution >= 0.6 is 23.2 Å². The van der Waals surface area contributed by atoms with E-state index in [9.17, 15) is 0 Å². The lowest BCUT2D eigenvalue weighted by atomic mass is 10.0. The smallest absolute Gasteiger partial charge is 0.222 e. The molecular formula is C18H25Cl2NO4. The van der Waals surface area contributed by atoms with Gasteiger partial charge in [0.2, 0.25) is 5.90 Å². The van der Waals surface area contributed by atoms with Gasteiger partial charge in [0.25, 0.3) is 0 Å². The van der Waals surface area contributed by atoms with Crippen molar-refractivity contribution in [3.8, 4) is 11.5 Å². The zero-order chi connectivity index (χ0) is 18.7. The van der Waals surface area contributed by atoms with Crippen LogP contribution in [0.2, 0.25) is 0 Å². The van der Waals surface area contributed by atoms with Gasteiger partial charge in [-0.15, -0.1) is 0 Å². The Morgan fingerprint density at radius 3 is 2.28 bits per heavy atom. The summed E-state index contributed by atoms with van der Waals surface area (Å²) in [6, 6.07) is 3.95. The fourth-order valence-electron chi connectivity index (χ4n) is 2.20. The summed E-state index contributed by atoms with van der Waals surface area (Å²) in [5, 5.41) is 11.5. The Labute approximate surface area is 159 Å². The molecule has 0 atom stereocenters. The Balaban J connectivity index is 2.72. The quantitative estimate of drug-likeness (QED) is 0.198. The molecule has 1 N–H and O–H groups in total. The van der Waals surface area contributed by atoms with Gasteiger partial charge in [-0.3, -0.25) is 0 Å². The van der Waals surface area contributed by atoms with Gasteiger partial charge in [-0.25, -0.2) is 0 Å². The van der Waals surface area contributed by atoms with E-state index in [-0.39, 0.29) is 10.4 Å². The van der Waals surface area contributed by atoms with Crippen LogP contribution in [0.4, 0.5) is 0 Å². The van der Waals surface area contributed by atoms with Crippen LogP contribution in [0, 0.1) is 0 Å². The zero-order valence-corrected chi connectivity index (χ0v) is 16.4. The molecule has 1 aromatic rings. The molecule has 5 nitrogen and oxygen atoms in total. The SMILES string of the molecule is CCc1cc(OCC=C(Cl)Cl)cc(CC)c1OCCCOC(C)=NO. The minimum Gasteiger partial charge on any atom is -0.493 e. The van der Waals surface area contributed by atoms with Crippen LogP contribution < -0.4 is 9.47 Å². The Morgan fingerprint density at radius 1 is 1.12 bits per heavy atom. The van der Waals surface area contributed by atoms with Crippen molar-refractivity contribution in [2.24, 2.45) is 5.16 Å². The van der Waals surface area contributed by atoms with Gasteiger partial charge in [0, 0.05) is 13.3 Å². The molecule has 0 saturated heterocycles. The third-order valence-electron chi connectivity index (χ3n) is 3.45. The highest BCUT2D eigenvalue weighted by Crippen LogP contribution is 2.31. The van der Waals surface area contributed by atoms with E-state index in [4.69, 9.17) is 42.6 Å². The normalized spacial score (nSPS) is 11.2. The average Bonchev–Trinajstić information content (AvgIpc) is 2.60. The summed E-state index contributed by atoms with van der Waals surface area (Å²) < 4.78 is 17.0. The summed E-state index contributed by atoms with van der Waals surface area (Å²) >= 11 is 11.2. The van der Waals surface area contributed by atoms with Gasteiger partial charge in [0.05, 0.1) is 13.2 Å². The van der Waals surface area contributed by atoms with E-state index in [1.54, 1.807) is 13.0 Å². The van der Waals surface area contributed by atoms with Crippen molar-refractivity contribution < 1.29 is 19.4 Å². The summed E-state index contributed by atoms with van der Waals surface area (Å²) in [5.74, 6) is 1.91. The molecule has 0 amide bonds. The maximum Gasteiger partial charge on any atom is 0.222 e. The van der Waals surface area contributed by atoms with Crippen molar-refractivity contribution >= 4 is 29.1 Å². The van der Waals surface area contributed by atoms with Gasteiger partial charge in [0.15, 0.2) is 0 Å². The molecule has 7 heteroatoms. The van der Waals surface area contributed by atoms with E-state index < -0.39 is 0 Å². The van der Waals surface area contributed by atoms with Crippen LogP contribution in [-0.2, 0) is 17.6 Å². The Bertz CT molecular complexity index is 574. The molecule has 0 unspecified atom stereocenters. The second-order valence-corrected chi connectivity index (χ2v) is 6.26. The van der Waals surface area contributed by atoms with E-state index in [1.807, 2.05) is 12.1 Å². The second-order valence-electron chi connectivity index (χ2n) is 5.25. The highest BCUT2D eigenvalue weighted by atomic mass is 35.5. The zero-order valence-electron chi connectivity index (χ0n) is 14.8. The third kappa shape index (κ3) is 7.88. The number of aryl methyl sites for hydroxylation is 2. The maximum atomic E-state index is 8.53. The minimum absolute atomic E-state index is 0.190. The van der Waals surface area contributed by atoms with Gasteiger partial charge in [-0.05, 0) is 42.2 Å². The lowest BCUT2D eigenvalue weighted by molar-refractivity contribution is 0.220. The number of nitrogens with zero attached hydrogens (tertiary/aromatic N) is 1. The molecule has 0 heterocycles. The summed E-state index contributed by atoms with van der Waals surface area (Å²) in [7, 11) is 0. The maximum absolute atomic E-state index is 8.53. The Hall–Kier alpha value is -1.59. The Morgan fingerprint density at radius 2 is 1.76 bits per heavy atom. The number of ether oxygens (including phenoxy) is 3. The fraction of sp³-hybridized carbons (Fsp3) is 0.500. The first-order valence-electron chi connectivity index (χ1n) is 8.25. The van der Waals surface area contributed by atoms with E-state index in [0.29, 0.717) is 26.2 Å². The molecule has 0 saturated carbocycles. The van der Waals surface area contributed by atoms with Gasteiger partial charge >= 0.3 is 0 Å². The molecule has 0 fully saturated rings. The van der Waals surface area contributed by atoms with E-state index in [1.165, 1.54) is 0 Å². The highest BCUT2D eigenvalue weighted by molar-refractivity contribution is 6.55. The van der Waals surface area contributed by atoms with Gasteiger partial charge in [0.1, 0.15) is 22.6 Å². The van der Waals surface area contributed by atoms with Crippen molar-refractivity contribution in [2.75, 3.05) is 19.8 Å². The molecule has 0 aliphatic rings. The lowest BCUT2D eigenvalue weighted by Gasteiger charge is -2.17. The number of rotatable bonds is 10. The predicted molar refractivity (Wildman–Crippen MR) is 101 cm³/mol. The molecule has 140 valence electrons. The first kappa shape index (κ1) is 21.5. The van der Waals surface area contributed by atoms with Crippen molar-refractivity contribution in [3.05, 3.63) is 33.8 Å². The molecule has 25 heavy (non-hydrogen) atoms. The molecule has 1 aromatic carbocycles. The van der Waals surface area contributed by atoms with Gasteiger partial charge < -0.3 is 19.4 Å². The summed E-state index contributed by atoms with van der Waals surface area (Å²) in [6.45, 7) is 7.01. The van der Waals surface area contributed by atoms with E-state index in [2.05, 4.69) is 19.0 Å². The number of hydrogen-bond acceptors (Lipinski definition) is 5. The van der Waals surface area contributed by atoms with E-state index >= 15 is 0 Å². The van der Waals surface area contributed by atoms with Crippen molar-refractivity contribution in [2.45, 2.75) is 40.0 Å². The number of benzene rings is 1. The molecule has 0 aliphatic carbocycles. The van der Waals surface area contributed by atoms with Crippen molar-refractivity contribution in [1.29, 1.82) is 0 Å². The van der Waals surface area contributed by atoms with Crippen molar-refractivity contribution in [1.82, 2.24) is 0 Å². The molecule has 0 spiro atoms. The molecule has 1 rings (SSSR count). The molecule has 0 radical (unpaired) electrons. The summed E-state index contributed by atoms with van der Waals surface area (Å²) in [4.78, 5) is 0. The highest BCUT2D eigenvalue weighted by Gasteiger charge is 2.11.